The zero-order chi connectivity index (χ0) is 26.2. The van der Waals surface area contributed by atoms with Gasteiger partial charge in [-0.1, -0.05) is 50.6 Å². The molecule has 0 spiro atoms. The fourth-order valence-corrected chi connectivity index (χ4v) is 4.68. The summed E-state index contributed by atoms with van der Waals surface area (Å²) in [6.07, 6.45) is 3.27. The monoisotopic (exact) mass is 484 g/mol. The minimum Gasteiger partial charge on any atom is -0.507 e. The Morgan fingerprint density at radius 3 is 2.47 bits per heavy atom. The van der Waals surface area contributed by atoms with Crippen LogP contribution in [0.1, 0.15) is 60.2 Å². The van der Waals surface area contributed by atoms with E-state index in [0.717, 1.165) is 22.3 Å². The van der Waals surface area contributed by atoms with Crippen LogP contribution in [0.2, 0.25) is 0 Å². The zero-order valence-corrected chi connectivity index (χ0v) is 21.6. The number of likely N-dealkylation sites (tertiary alicyclic amines) is 1. The number of ether oxygens (including phenoxy) is 1. The minimum absolute atomic E-state index is 0.0586. The van der Waals surface area contributed by atoms with Crippen LogP contribution in [0.5, 0.6) is 5.75 Å². The Morgan fingerprint density at radius 2 is 1.83 bits per heavy atom. The summed E-state index contributed by atoms with van der Waals surface area (Å²) in [5.74, 6) is -0.868. The molecule has 1 saturated heterocycles. The lowest BCUT2D eigenvalue weighted by Crippen LogP contribution is -2.29. The number of Topliss-reactive ketones (excluding diaryl/α,β-unsaturated/α-hetero) is 1. The van der Waals surface area contributed by atoms with Crippen molar-refractivity contribution < 1.29 is 19.4 Å². The summed E-state index contributed by atoms with van der Waals surface area (Å²) in [4.78, 5) is 32.5. The van der Waals surface area contributed by atoms with E-state index in [0.29, 0.717) is 16.9 Å². The number of hydrogen-bond donors (Lipinski definition) is 1. The van der Waals surface area contributed by atoms with Gasteiger partial charge in [0.25, 0.3) is 11.7 Å². The van der Waals surface area contributed by atoms with Crippen LogP contribution in [0, 0.1) is 13.8 Å². The SMILES string of the molecule is COc1ccc(/C(O)=C2/C(=O)C(=O)N(Cc3cc(C)ccc3C)C2c2cccnc2)cc1C(C)(C)C. The molecule has 186 valence electrons. The average molecular weight is 485 g/mol. The second kappa shape index (κ2) is 9.61. The molecule has 2 aromatic carbocycles. The maximum absolute atomic E-state index is 13.4. The Labute approximate surface area is 212 Å². The molecule has 0 radical (unpaired) electrons. The first-order valence-electron chi connectivity index (χ1n) is 12.0. The molecule has 1 amide bonds. The highest BCUT2D eigenvalue weighted by Gasteiger charge is 2.46. The number of benzene rings is 2. The third-order valence-corrected chi connectivity index (χ3v) is 6.67. The molecular weight excluding hydrogens is 452 g/mol. The number of amides is 1. The van der Waals surface area contributed by atoms with Gasteiger partial charge in [-0.05, 0) is 60.2 Å². The van der Waals surface area contributed by atoms with Gasteiger partial charge in [-0.15, -0.1) is 0 Å². The second-order valence-corrected chi connectivity index (χ2v) is 10.3. The summed E-state index contributed by atoms with van der Waals surface area (Å²) < 4.78 is 5.53. The number of aliphatic hydroxyl groups excluding tert-OH is 1. The molecule has 3 aromatic rings. The Bertz CT molecular complexity index is 1350. The molecule has 2 heterocycles. The number of aryl methyl sites for hydroxylation is 2. The lowest BCUT2D eigenvalue weighted by atomic mass is 9.84. The second-order valence-electron chi connectivity index (χ2n) is 10.3. The van der Waals surface area contributed by atoms with E-state index < -0.39 is 17.7 Å². The molecule has 0 bridgehead atoms. The molecule has 0 aliphatic carbocycles. The predicted octanol–water partition coefficient (Wildman–Crippen LogP) is 5.63. The third kappa shape index (κ3) is 4.63. The van der Waals surface area contributed by atoms with Gasteiger partial charge >= 0.3 is 0 Å². The largest absolute Gasteiger partial charge is 0.507 e. The average Bonchev–Trinajstić information content (AvgIpc) is 3.10. The highest BCUT2D eigenvalue weighted by atomic mass is 16.5. The molecule has 1 fully saturated rings. The molecule has 6 nitrogen and oxygen atoms in total. The predicted molar refractivity (Wildman–Crippen MR) is 140 cm³/mol. The summed E-state index contributed by atoms with van der Waals surface area (Å²) in [6.45, 7) is 10.4. The highest BCUT2D eigenvalue weighted by Crippen LogP contribution is 2.41. The van der Waals surface area contributed by atoms with Gasteiger partial charge in [0.2, 0.25) is 0 Å². The van der Waals surface area contributed by atoms with Crippen LogP contribution >= 0.6 is 0 Å². The van der Waals surface area contributed by atoms with Crippen LogP contribution in [0.3, 0.4) is 0 Å². The topological polar surface area (TPSA) is 79.7 Å². The number of carbonyl (C=O) groups is 2. The summed E-state index contributed by atoms with van der Waals surface area (Å²) in [6, 6.07) is 14.2. The van der Waals surface area contributed by atoms with E-state index in [-0.39, 0.29) is 23.3 Å². The lowest BCUT2D eigenvalue weighted by molar-refractivity contribution is -0.140. The van der Waals surface area contributed by atoms with E-state index in [9.17, 15) is 14.7 Å². The van der Waals surface area contributed by atoms with Gasteiger partial charge in [0.1, 0.15) is 11.5 Å². The molecule has 6 heteroatoms. The van der Waals surface area contributed by atoms with Crippen molar-refractivity contribution in [2.75, 3.05) is 7.11 Å². The van der Waals surface area contributed by atoms with Gasteiger partial charge in [-0.25, -0.2) is 0 Å². The third-order valence-electron chi connectivity index (χ3n) is 6.67. The Kier molecular flexibility index (Phi) is 6.72. The van der Waals surface area contributed by atoms with Crippen LogP contribution in [-0.2, 0) is 21.5 Å². The summed E-state index contributed by atoms with van der Waals surface area (Å²) >= 11 is 0. The molecule has 1 unspecified atom stereocenters. The number of ketones is 1. The number of carbonyl (C=O) groups excluding carboxylic acids is 2. The smallest absolute Gasteiger partial charge is 0.295 e. The van der Waals surface area contributed by atoms with Crippen molar-refractivity contribution in [2.45, 2.75) is 52.6 Å². The number of hydrogen-bond acceptors (Lipinski definition) is 5. The van der Waals surface area contributed by atoms with Crippen molar-refractivity contribution in [1.29, 1.82) is 0 Å². The normalized spacial score (nSPS) is 17.5. The highest BCUT2D eigenvalue weighted by molar-refractivity contribution is 6.46. The summed E-state index contributed by atoms with van der Waals surface area (Å²) in [5, 5.41) is 11.5. The van der Waals surface area contributed by atoms with E-state index >= 15 is 0 Å². The van der Waals surface area contributed by atoms with Crippen LogP contribution in [0.15, 0.2) is 66.5 Å². The minimum atomic E-state index is -0.765. The molecule has 1 aliphatic heterocycles. The van der Waals surface area contributed by atoms with Crippen LogP contribution in [-0.4, -0.2) is 33.8 Å². The van der Waals surface area contributed by atoms with Crippen molar-refractivity contribution in [3.63, 3.8) is 0 Å². The summed E-state index contributed by atoms with van der Waals surface area (Å²) in [7, 11) is 1.60. The molecule has 0 saturated carbocycles. The zero-order valence-electron chi connectivity index (χ0n) is 21.6. The van der Waals surface area contributed by atoms with E-state index in [1.807, 2.05) is 65.0 Å². The number of nitrogens with zero attached hydrogens (tertiary/aromatic N) is 2. The fourth-order valence-electron chi connectivity index (χ4n) is 4.68. The molecule has 36 heavy (non-hydrogen) atoms. The van der Waals surface area contributed by atoms with Gasteiger partial charge in [0, 0.05) is 30.1 Å². The number of rotatable bonds is 5. The molecule has 1 N–H and O–H groups in total. The van der Waals surface area contributed by atoms with Crippen molar-refractivity contribution in [1.82, 2.24) is 9.88 Å². The van der Waals surface area contributed by atoms with Crippen LogP contribution in [0.4, 0.5) is 0 Å². The van der Waals surface area contributed by atoms with Crippen LogP contribution in [0.25, 0.3) is 5.76 Å². The van der Waals surface area contributed by atoms with Crippen molar-refractivity contribution in [2.24, 2.45) is 0 Å². The molecule has 4 rings (SSSR count). The number of aliphatic hydroxyl groups is 1. The maximum Gasteiger partial charge on any atom is 0.295 e. The van der Waals surface area contributed by atoms with E-state index in [1.165, 1.54) is 4.90 Å². The van der Waals surface area contributed by atoms with Crippen molar-refractivity contribution >= 4 is 17.4 Å². The van der Waals surface area contributed by atoms with Gasteiger partial charge in [0.15, 0.2) is 0 Å². The standard InChI is InChI=1S/C30H32N2O4/c1-18-9-10-19(2)22(14-18)17-32-26(21-8-7-13-31-16-21)25(28(34)29(32)35)27(33)20-11-12-24(36-6)23(15-20)30(3,4)5/h7-16,26,33H,17H2,1-6H3/b27-25-. The number of aromatic nitrogens is 1. The maximum atomic E-state index is 13.4. The van der Waals surface area contributed by atoms with Gasteiger partial charge < -0.3 is 14.7 Å². The molecule has 1 atom stereocenters. The number of pyridine rings is 1. The van der Waals surface area contributed by atoms with Gasteiger partial charge in [0.05, 0.1) is 18.7 Å². The number of methoxy groups -OCH3 is 1. The molecular formula is C30H32N2O4. The van der Waals surface area contributed by atoms with Crippen molar-refractivity contribution in [3.8, 4) is 5.75 Å². The first kappa shape index (κ1) is 25.2. The lowest BCUT2D eigenvalue weighted by Gasteiger charge is -2.26. The van der Waals surface area contributed by atoms with Gasteiger partial charge in [-0.3, -0.25) is 14.6 Å². The molecule has 1 aromatic heterocycles. The quantitative estimate of drug-likeness (QED) is 0.289. The first-order chi connectivity index (χ1) is 17.0. The Balaban J connectivity index is 1.89. The molecule has 1 aliphatic rings. The van der Waals surface area contributed by atoms with Crippen LogP contribution < -0.4 is 4.74 Å². The van der Waals surface area contributed by atoms with Crippen molar-refractivity contribution in [3.05, 3.63) is 99.9 Å². The first-order valence-corrected chi connectivity index (χ1v) is 12.0. The Hall–Kier alpha value is -3.93. The van der Waals surface area contributed by atoms with Gasteiger partial charge in [-0.2, -0.15) is 0 Å². The van der Waals surface area contributed by atoms with E-state index in [4.69, 9.17) is 4.74 Å². The van der Waals surface area contributed by atoms with E-state index in [1.54, 1.807) is 37.7 Å². The fraction of sp³-hybridized carbons (Fsp3) is 0.300. The Morgan fingerprint density at radius 1 is 1.08 bits per heavy atom. The van der Waals surface area contributed by atoms with E-state index in [2.05, 4.69) is 4.98 Å². The summed E-state index contributed by atoms with van der Waals surface area (Å²) in [5.41, 5.74) is 4.84.